The second kappa shape index (κ2) is 6.02. The number of hydrogen-bond acceptors (Lipinski definition) is 4. The van der Waals surface area contributed by atoms with E-state index in [0.29, 0.717) is 12.5 Å². The van der Waals surface area contributed by atoms with Gasteiger partial charge in [-0.2, -0.15) is 0 Å². The van der Waals surface area contributed by atoms with Crippen molar-refractivity contribution in [1.82, 2.24) is 9.80 Å². The largest absolute Gasteiger partial charge is 0.336 e. The lowest BCUT2D eigenvalue weighted by atomic mass is 10.00. The second-order valence-corrected chi connectivity index (χ2v) is 7.69. The number of amides is 1. The molecule has 0 spiro atoms. The van der Waals surface area contributed by atoms with Crippen LogP contribution in [0.3, 0.4) is 0 Å². The molecule has 1 aliphatic heterocycles. The molecule has 0 N–H and O–H groups in total. The molecule has 0 saturated carbocycles. The fraction of sp³-hybridized carbons (Fsp3) is 0.917. The van der Waals surface area contributed by atoms with Gasteiger partial charge in [-0.3, -0.25) is 4.79 Å². The van der Waals surface area contributed by atoms with Crippen molar-refractivity contribution in [3.63, 3.8) is 0 Å². The maximum atomic E-state index is 12.1. The first-order valence-corrected chi connectivity index (χ1v) is 8.27. The van der Waals surface area contributed by atoms with Crippen LogP contribution in [0.25, 0.3) is 0 Å². The average molecular weight is 276 g/mol. The third-order valence-electron chi connectivity index (χ3n) is 3.49. The Kier molecular flexibility index (Phi) is 5.16. The summed E-state index contributed by atoms with van der Waals surface area (Å²) in [6.45, 7) is 7.96. The van der Waals surface area contributed by atoms with E-state index in [1.807, 2.05) is 7.05 Å². The second-order valence-electron chi connectivity index (χ2n) is 5.34. The van der Waals surface area contributed by atoms with Crippen LogP contribution in [0.1, 0.15) is 20.8 Å². The van der Waals surface area contributed by atoms with Crippen molar-refractivity contribution < 1.29 is 13.2 Å². The molecule has 0 bridgehead atoms. The van der Waals surface area contributed by atoms with Crippen molar-refractivity contribution in [2.45, 2.75) is 26.8 Å². The summed E-state index contributed by atoms with van der Waals surface area (Å²) in [7, 11) is -1.21. The molecule has 1 fully saturated rings. The van der Waals surface area contributed by atoms with Crippen molar-refractivity contribution >= 4 is 15.7 Å². The predicted molar refractivity (Wildman–Crippen MR) is 72.2 cm³/mol. The van der Waals surface area contributed by atoms with E-state index >= 15 is 0 Å². The summed E-state index contributed by atoms with van der Waals surface area (Å²) in [5, 5.41) is 0. The zero-order valence-electron chi connectivity index (χ0n) is 11.7. The number of hydrogen-bond donors (Lipinski definition) is 0. The third kappa shape index (κ3) is 3.95. The zero-order chi connectivity index (χ0) is 13.9. The number of carbonyl (C=O) groups excluding carboxylic acids is 1. The smallest absolute Gasteiger partial charge is 0.238 e. The Balaban J connectivity index is 2.77. The summed E-state index contributed by atoms with van der Waals surface area (Å²) >= 11 is 0. The van der Waals surface area contributed by atoms with E-state index in [2.05, 4.69) is 18.7 Å². The van der Waals surface area contributed by atoms with Crippen LogP contribution >= 0.6 is 0 Å². The molecule has 106 valence electrons. The Morgan fingerprint density at radius 2 is 1.94 bits per heavy atom. The van der Waals surface area contributed by atoms with Gasteiger partial charge in [0.05, 0.1) is 0 Å². The molecular weight excluding hydrogens is 252 g/mol. The number of sulfone groups is 1. The standard InChI is InChI=1S/C12H24N2O3S/c1-5-18(16,17)9-12(15)14-7-6-13(4)8-11(14)10(2)3/h10-11H,5-9H2,1-4H3/t11-/m1/s1. The van der Waals surface area contributed by atoms with Crippen LogP contribution in [0, 0.1) is 5.92 Å². The van der Waals surface area contributed by atoms with E-state index in [0.717, 1.165) is 13.1 Å². The highest BCUT2D eigenvalue weighted by molar-refractivity contribution is 7.92. The molecule has 0 aromatic rings. The highest BCUT2D eigenvalue weighted by Crippen LogP contribution is 2.17. The molecule has 1 atom stereocenters. The van der Waals surface area contributed by atoms with E-state index in [1.54, 1.807) is 11.8 Å². The number of nitrogens with zero attached hydrogens (tertiary/aromatic N) is 2. The van der Waals surface area contributed by atoms with Crippen LogP contribution in [-0.2, 0) is 14.6 Å². The first kappa shape index (κ1) is 15.4. The zero-order valence-corrected chi connectivity index (χ0v) is 12.5. The summed E-state index contributed by atoms with van der Waals surface area (Å²) in [4.78, 5) is 16.1. The Morgan fingerprint density at radius 1 is 1.33 bits per heavy atom. The van der Waals surface area contributed by atoms with E-state index in [4.69, 9.17) is 0 Å². The minimum Gasteiger partial charge on any atom is -0.336 e. The minimum atomic E-state index is -3.24. The van der Waals surface area contributed by atoms with Crippen LogP contribution < -0.4 is 0 Å². The van der Waals surface area contributed by atoms with Crippen molar-refractivity contribution in [3.8, 4) is 0 Å². The SMILES string of the molecule is CCS(=O)(=O)CC(=O)N1CCN(C)C[C@@H]1C(C)C. The van der Waals surface area contributed by atoms with Gasteiger partial charge < -0.3 is 9.80 Å². The van der Waals surface area contributed by atoms with Crippen molar-refractivity contribution in [3.05, 3.63) is 0 Å². The number of rotatable bonds is 4. The van der Waals surface area contributed by atoms with Crippen molar-refractivity contribution in [2.75, 3.05) is 38.2 Å². The Bertz CT molecular complexity index is 392. The van der Waals surface area contributed by atoms with Gasteiger partial charge in [-0.1, -0.05) is 20.8 Å². The molecule has 1 saturated heterocycles. The van der Waals surface area contributed by atoms with Crippen molar-refractivity contribution in [1.29, 1.82) is 0 Å². The molecule has 5 nitrogen and oxygen atoms in total. The fourth-order valence-corrected chi connectivity index (χ4v) is 2.95. The molecular formula is C12H24N2O3S. The first-order valence-electron chi connectivity index (χ1n) is 6.45. The summed E-state index contributed by atoms with van der Waals surface area (Å²) in [5.74, 6) is -0.236. The molecule has 18 heavy (non-hydrogen) atoms. The van der Waals surface area contributed by atoms with Gasteiger partial charge in [0.15, 0.2) is 9.84 Å². The van der Waals surface area contributed by atoms with Gasteiger partial charge in [0.1, 0.15) is 5.75 Å². The maximum absolute atomic E-state index is 12.1. The molecule has 0 aromatic carbocycles. The third-order valence-corrected chi connectivity index (χ3v) is 5.06. The lowest BCUT2D eigenvalue weighted by Gasteiger charge is -2.42. The fourth-order valence-electron chi connectivity index (χ4n) is 2.21. The van der Waals surface area contributed by atoms with Gasteiger partial charge in [-0.05, 0) is 13.0 Å². The predicted octanol–water partition coefficient (Wildman–Crippen LogP) is 0.220. The van der Waals surface area contributed by atoms with E-state index in [9.17, 15) is 13.2 Å². The number of likely N-dealkylation sites (N-methyl/N-ethyl adjacent to an activating group) is 1. The summed E-state index contributed by atoms with van der Waals surface area (Å²) in [5.41, 5.74) is 0. The van der Waals surface area contributed by atoms with Crippen LogP contribution in [0.2, 0.25) is 0 Å². The van der Waals surface area contributed by atoms with E-state index < -0.39 is 9.84 Å². The molecule has 6 heteroatoms. The molecule has 1 amide bonds. The average Bonchev–Trinajstić information content (AvgIpc) is 2.28. The van der Waals surface area contributed by atoms with E-state index in [-0.39, 0.29) is 23.5 Å². The lowest BCUT2D eigenvalue weighted by molar-refractivity contribution is -0.134. The van der Waals surface area contributed by atoms with Gasteiger partial charge in [0, 0.05) is 31.4 Å². The number of carbonyl (C=O) groups is 1. The topological polar surface area (TPSA) is 57.7 Å². The summed E-state index contributed by atoms with van der Waals surface area (Å²) < 4.78 is 23.1. The summed E-state index contributed by atoms with van der Waals surface area (Å²) in [6, 6.07) is 0.114. The lowest BCUT2D eigenvalue weighted by Crippen LogP contribution is -2.57. The van der Waals surface area contributed by atoms with Crippen LogP contribution in [0.5, 0.6) is 0 Å². The molecule has 0 radical (unpaired) electrons. The van der Waals surface area contributed by atoms with Crippen LogP contribution in [-0.4, -0.2) is 68.4 Å². The molecule has 0 aliphatic carbocycles. The molecule has 1 aliphatic rings. The van der Waals surface area contributed by atoms with Gasteiger partial charge in [-0.25, -0.2) is 8.42 Å². The quantitative estimate of drug-likeness (QED) is 0.737. The van der Waals surface area contributed by atoms with Crippen molar-refractivity contribution in [2.24, 2.45) is 5.92 Å². The highest BCUT2D eigenvalue weighted by Gasteiger charge is 2.32. The van der Waals surface area contributed by atoms with Gasteiger partial charge in [0.2, 0.25) is 5.91 Å². The Hall–Kier alpha value is -0.620. The summed E-state index contributed by atoms with van der Waals surface area (Å²) in [6.07, 6.45) is 0. The molecule has 1 heterocycles. The monoisotopic (exact) mass is 276 g/mol. The number of piperazine rings is 1. The van der Waals surface area contributed by atoms with Crippen LogP contribution in [0.15, 0.2) is 0 Å². The molecule has 0 unspecified atom stereocenters. The van der Waals surface area contributed by atoms with Gasteiger partial charge >= 0.3 is 0 Å². The Labute approximate surface area is 110 Å². The normalized spacial score (nSPS) is 22.5. The Morgan fingerprint density at radius 3 is 2.44 bits per heavy atom. The van der Waals surface area contributed by atoms with Gasteiger partial charge in [-0.15, -0.1) is 0 Å². The maximum Gasteiger partial charge on any atom is 0.238 e. The van der Waals surface area contributed by atoms with Gasteiger partial charge in [0.25, 0.3) is 0 Å². The highest BCUT2D eigenvalue weighted by atomic mass is 32.2. The van der Waals surface area contributed by atoms with Crippen LogP contribution in [0.4, 0.5) is 0 Å². The van der Waals surface area contributed by atoms with E-state index in [1.165, 1.54) is 0 Å². The molecule has 1 rings (SSSR count). The first-order chi connectivity index (χ1) is 8.26. The minimum absolute atomic E-state index is 0.0266. The molecule has 0 aromatic heterocycles.